The second-order valence-corrected chi connectivity index (χ2v) is 13.5. The average molecular weight is 716 g/mol. The summed E-state index contributed by atoms with van der Waals surface area (Å²) in [5, 5.41) is 8.93. The molecule has 2 fully saturated rings. The second-order valence-electron chi connectivity index (χ2n) is 12.7. The number of anilines is 1. The molecule has 5 rings (SSSR count). The van der Waals surface area contributed by atoms with E-state index in [2.05, 4.69) is 30.1 Å². The molecular formula is C34H40F3N7O5S. The quantitative estimate of drug-likeness (QED) is 0.267. The molecule has 3 amide bonds. The van der Waals surface area contributed by atoms with Gasteiger partial charge in [-0.3, -0.25) is 19.2 Å². The molecule has 1 aliphatic carbocycles. The number of nitrogens with zero attached hydrogens (tertiary/aromatic N) is 5. The molecule has 50 heavy (non-hydrogen) atoms. The number of hydrogen-bond donors (Lipinski definition) is 2. The minimum Gasteiger partial charge on any atom is -0.481 e. The Morgan fingerprint density at radius 1 is 1.04 bits per heavy atom. The first kappa shape index (κ1) is 36.8. The van der Waals surface area contributed by atoms with Crippen molar-refractivity contribution in [1.82, 2.24) is 29.7 Å². The van der Waals surface area contributed by atoms with Crippen molar-refractivity contribution in [2.24, 2.45) is 11.8 Å². The number of alkyl halides is 2. The highest BCUT2D eigenvalue weighted by Gasteiger charge is 2.44. The number of nitrogens with one attached hydrogen (secondary N) is 2. The summed E-state index contributed by atoms with van der Waals surface area (Å²) in [5.41, 5.74) is -0.431. The molecule has 2 aliphatic rings. The first-order valence-corrected chi connectivity index (χ1v) is 17.3. The van der Waals surface area contributed by atoms with Crippen LogP contribution in [0.1, 0.15) is 59.3 Å². The lowest BCUT2D eigenvalue weighted by atomic mass is 9.76. The van der Waals surface area contributed by atoms with Gasteiger partial charge in [-0.2, -0.15) is 8.78 Å². The number of hydrogen-bond acceptors (Lipinski definition) is 10. The van der Waals surface area contributed by atoms with Crippen molar-refractivity contribution in [3.8, 4) is 5.88 Å². The minimum atomic E-state index is -3.90. The van der Waals surface area contributed by atoms with Gasteiger partial charge in [0.05, 0.1) is 19.0 Å². The summed E-state index contributed by atoms with van der Waals surface area (Å²) in [7, 11) is 3.29. The molecule has 0 unspecified atom stereocenters. The number of ketones is 1. The van der Waals surface area contributed by atoms with E-state index in [0.29, 0.717) is 44.6 Å². The summed E-state index contributed by atoms with van der Waals surface area (Å²) in [4.78, 5) is 60.8. The Kier molecular flexibility index (Phi) is 12.2. The number of benzene rings is 1. The van der Waals surface area contributed by atoms with Gasteiger partial charge in [-0.1, -0.05) is 29.8 Å². The van der Waals surface area contributed by atoms with Crippen molar-refractivity contribution in [3.05, 3.63) is 64.5 Å². The highest BCUT2D eigenvalue weighted by molar-refractivity contribution is 7.07. The summed E-state index contributed by atoms with van der Waals surface area (Å²) >= 11 is 0.879. The van der Waals surface area contributed by atoms with Crippen LogP contribution in [0.3, 0.4) is 0 Å². The predicted octanol–water partition coefficient (Wildman–Crippen LogP) is 4.08. The molecule has 0 radical (unpaired) electrons. The molecule has 1 saturated carbocycles. The van der Waals surface area contributed by atoms with Crippen LogP contribution in [-0.4, -0.2) is 94.3 Å². The number of carbonyl (C=O) groups is 4. The first-order chi connectivity index (χ1) is 24.0. The standard InChI is InChI=1S/C34H40F3N7O5S/c1-43-12-14-44(15-13-43)33(48)27(41-32(47)28-20-39-42-50-28)17-21-8-10-26(25(35)16-21)40-31(46)24(22-6-4-3-5-7-22)18-29(45)34(36,37)23-9-11-30(49-2)38-19-23/h8-11,16,19-20,22,24,27H,3-7,12-15,17-18H2,1-2H3,(H,40,46)(H,41,47)/t24-,27+/m0/s1. The van der Waals surface area contributed by atoms with Crippen LogP contribution in [0.4, 0.5) is 18.9 Å². The lowest BCUT2D eigenvalue weighted by Crippen LogP contribution is -2.54. The Hall–Kier alpha value is -4.44. The van der Waals surface area contributed by atoms with Gasteiger partial charge in [0, 0.05) is 62.8 Å². The molecule has 3 aromatic rings. The Balaban J connectivity index is 1.31. The summed E-state index contributed by atoms with van der Waals surface area (Å²) < 4.78 is 54.7. The third kappa shape index (κ3) is 9.01. The molecular weight excluding hydrogens is 675 g/mol. The predicted molar refractivity (Wildman–Crippen MR) is 178 cm³/mol. The molecule has 12 nitrogen and oxygen atoms in total. The van der Waals surface area contributed by atoms with E-state index in [4.69, 9.17) is 4.74 Å². The molecule has 268 valence electrons. The molecule has 2 N–H and O–H groups in total. The summed E-state index contributed by atoms with van der Waals surface area (Å²) in [6, 6.07) is 5.28. The third-order valence-electron chi connectivity index (χ3n) is 9.35. The first-order valence-electron chi connectivity index (χ1n) is 16.5. The summed E-state index contributed by atoms with van der Waals surface area (Å²) in [6.45, 7) is 2.27. The van der Waals surface area contributed by atoms with Gasteiger partial charge in [-0.05, 0) is 61.1 Å². The molecule has 1 aromatic carbocycles. The fourth-order valence-electron chi connectivity index (χ4n) is 6.38. The number of halogens is 3. The van der Waals surface area contributed by atoms with Crippen LogP contribution in [0.2, 0.25) is 0 Å². The van der Waals surface area contributed by atoms with E-state index in [-0.39, 0.29) is 34.7 Å². The fourth-order valence-corrected chi connectivity index (χ4v) is 6.80. The molecule has 3 heterocycles. The number of aromatic nitrogens is 3. The lowest BCUT2D eigenvalue weighted by molar-refractivity contribution is -0.147. The monoisotopic (exact) mass is 715 g/mol. The van der Waals surface area contributed by atoms with E-state index in [1.54, 1.807) is 4.90 Å². The Labute approximate surface area is 291 Å². The van der Waals surface area contributed by atoms with Gasteiger partial charge in [0.2, 0.25) is 23.5 Å². The highest BCUT2D eigenvalue weighted by Crippen LogP contribution is 2.37. The fraction of sp³-hybridized carbons (Fsp3) is 0.500. The third-order valence-corrected chi connectivity index (χ3v) is 10.0. The van der Waals surface area contributed by atoms with Crippen LogP contribution < -0.4 is 15.4 Å². The van der Waals surface area contributed by atoms with Gasteiger partial charge in [0.1, 0.15) is 16.7 Å². The smallest absolute Gasteiger partial charge is 0.331 e. The number of carbonyl (C=O) groups excluding carboxylic acids is 4. The van der Waals surface area contributed by atoms with Crippen LogP contribution >= 0.6 is 11.5 Å². The van der Waals surface area contributed by atoms with Gasteiger partial charge in [0.15, 0.2) is 0 Å². The molecule has 1 saturated heterocycles. The zero-order chi connectivity index (χ0) is 35.8. The van der Waals surface area contributed by atoms with Gasteiger partial charge in [0.25, 0.3) is 5.91 Å². The van der Waals surface area contributed by atoms with Crippen molar-refractivity contribution in [3.63, 3.8) is 0 Å². The van der Waals surface area contributed by atoms with E-state index in [9.17, 15) is 19.2 Å². The Morgan fingerprint density at radius 2 is 1.78 bits per heavy atom. The zero-order valence-corrected chi connectivity index (χ0v) is 28.7. The number of methoxy groups -OCH3 is 1. The molecule has 16 heteroatoms. The van der Waals surface area contributed by atoms with E-state index < -0.39 is 53.3 Å². The van der Waals surface area contributed by atoms with Crippen LogP contribution in [0.25, 0.3) is 0 Å². The number of piperazine rings is 1. The number of rotatable bonds is 13. The SMILES string of the molecule is COc1ccc(C(F)(F)C(=O)C[C@H](C(=O)Nc2ccc(C[C@@H](NC(=O)c3cnns3)C(=O)N3CCN(C)CC3)cc2F)C2CCCCC2)cn1. The number of ether oxygens (including phenoxy) is 1. The summed E-state index contributed by atoms with van der Waals surface area (Å²) in [6.07, 6.45) is 5.05. The number of amides is 3. The number of likely N-dealkylation sites (N-methyl/N-ethyl adjacent to an activating group) is 1. The van der Waals surface area contributed by atoms with Crippen LogP contribution in [-0.2, 0) is 26.7 Å². The lowest BCUT2D eigenvalue weighted by Gasteiger charge is -2.34. The maximum Gasteiger partial charge on any atom is 0.331 e. The molecule has 2 aromatic heterocycles. The topological polar surface area (TPSA) is 147 Å². The van der Waals surface area contributed by atoms with Crippen LogP contribution in [0.5, 0.6) is 5.88 Å². The van der Waals surface area contributed by atoms with Crippen molar-refractivity contribution in [2.45, 2.75) is 56.9 Å². The van der Waals surface area contributed by atoms with Crippen molar-refractivity contribution in [2.75, 3.05) is 45.7 Å². The number of Topliss-reactive ketones (excluding diaryl/α,β-unsaturated/α-hetero) is 1. The van der Waals surface area contributed by atoms with Crippen molar-refractivity contribution in [1.29, 1.82) is 0 Å². The average Bonchev–Trinajstić information content (AvgIpc) is 3.67. The van der Waals surface area contributed by atoms with E-state index in [1.807, 2.05) is 7.05 Å². The van der Waals surface area contributed by atoms with Gasteiger partial charge in [-0.15, -0.1) is 5.10 Å². The Bertz CT molecular complexity index is 1650. The minimum absolute atomic E-state index is 0.0389. The van der Waals surface area contributed by atoms with E-state index in [1.165, 1.54) is 31.5 Å². The molecule has 0 spiro atoms. The second kappa shape index (κ2) is 16.5. The largest absolute Gasteiger partial charge is 0.481 e. The zero-order valence-electron chi connectivity index (χ0n) is 27.9. The summed E-state index contributed by atoms with van der Waals surface area (Å²) in [5.74, 6) is -9.06. The van der Waals surface area contributed by atoms with Crippen LogP contribution in [0, 0.1) is 17.7 Å². The normalized spacial score (nSPS) is 17.1. The number of pyridine rings is 1. The van der Waals surface area contributed by atoms with Gasteiger partial charge in [-0.25, -0.2) is 9.37 Å². The maximum atomic E-state index is 15.6. The Morgan fingerprint density at radius 3 is 2.40 bits per heavy atom. The van der Waals surface area contributed by atoms with Gasteiger partial charge < -0.3 is 25.2 Å². The van der Waals surface area contributed by atoms with Crippen molar-refractivity contribution < 1.29 is 37.1 Å². The van der Waals surface area contributed by atoms with E-state index in [0.717, 1.165) is 49.1 Å². The van der Waals surface area contributed by atoms with Crippen LogP contribution in [0.15, 0.2) is 42.7 Å². The highest BCUT2D eigenvalue weighted by atomic mass is 32.1. The van der Waals surface area contributed by atoms with E-state index >= 15 is 13.2 Å². The van der Waals surface area contributed by atoms with Crippen molar-refractivity contribution >= 4 is 40.7 Å². The molecule has 0 bridgehead atoms. The molecule has 1 aliphatic heterocycles. The maximum absolute atomic E-state index is 15.6. The van der Waals surface area contributed by atoms with Gasteiger partial charge >= 0.3 is 5.92 Å². The molecule has 2 atom stereocenters.